The zero-order chi connectivity index (χ0) is 16.9. The zero-order valence-electron chi connectivity index (χ0n) is 14.6. The molecule has 0 aliphatic rings. The number of fused-ring (bicyclic) bond motifs is 1. The van der Waals surface area contributed by atoms with Crippen LogP contribution >= 0.6 is 0 Å². The molecule has 128 valence electrons. The average molecular weight is 338 g/mol. The summed E-state index contributed by atoms with van der Waals surface area (Å²) in [4.78, 5) is -0.0129. The topological polar surface area (TPSA) is 85.9 Å². The Morgan fingerprint density at radius 1 is 0.826 bits per heavy atom. The fraction of sp³-hybridized carbons (Fsp3) is 0.444. The van der Waals surface area contributed by atoms with E-state index in [1.54, 1.807) is 6.07 Å². The van der Waals surface area contributed by atoms with Crippen molar-refractivity contribution in [3.8, 4) is 0 Å². The molecule has 5 heteroatoms. The Kier molecular flexibility index (Phi) is 5.02. The number of rotatable bonds is 1. The predicted octanol–water partition coefficient (Wildman–Crippen LogP) is 3.86. The van der Waals surface area contributed by atoms with Gasteiger partial charge in [-0.05, 0) is 39.5 Å². The van der Waals surface area contributed by atoms with Gasteiger partial charge in [0.25, 0.3) is 10.1 Å². The third-order valence-corrected chi connectivity index (χ3v) is 4.82. The molecule has 0 bridgehead atoms. The van der Waals surface area contributed by atoms with Crippen molar-refractivity contribution < 1.29 is 18.4 Å². The summed E-state index contributed by atoms with van der Waals surface area (Å²) in [7, 11) is -4.27. The highest BCUT2D eigenvalue weighted by Crippen LogP contribution is 2.34. The van der Waals surface area contributed by atoms with E-state index in [0.29, 0.717) is 5.39 Å². The molecule has 0 aromatic heterocycles. The van der Waals surface area contributed by atoms with Crippen molar-refractivity contribution in [3.63, 3.8) is 0 Å². The van der Waals surface area contributed by atoms with Gasteiger partial charge in [0.2, 0.25) is 0 Å². The lowest BCUT2D eigenvalue weighted by Crippen LogP contribution is -2.14. The second-order valence-electron chi connectivity index (χ2n) is 7.89. The van der Waals surface area contributed by atoms with Gasteiger partial charge >= 0.3 is 0 Å². The monoisotopic (exact) mass is 338 g/mol. The van der Waals surface area contributed by atoms with E-state index >= 15 is 0 Å². The Morgan fingerprint density at radius 3 is 1.78 bits per heavy atom. The van der Waals surface area contributed by atoms with E-state index in [-0.39, 0.29) is 21.2 Å². The minimum Gasteiger partial charge on any atom is -0.412 e. The van der Waals surface area contributed by atoms with Crippen LogP contribution < -0.4 is 0 Å². The van der Waals surface area contributed by atoms with Gasteiger partial charge in [-0.15, -0.1) is 0 Å². The zero-order valence-corrected chi connectivity index (χ0v) is 15.4. The Bertz CT molecular complexity index is 822. The summed E-state index contributed by atoms with van der Waals surface area (Å²) in [5, 5.41) is 1.40. The van der Waals surface area contributed by atoms with Gasteiger partial charge in [-0.25, -0.2) is 0 Å². The number of hydrogen-bond donors (Lipinski definition) is 1. The van der Waals surface area contributed by atoms with E-state index < -0.39 is 10.1 Å². The normalized spacial score (nSPS) is 13.0. The molecule has 3 N–H and O–H groups in total. The summed E-state index contributed by atoms with van der Waals surface area (Å²) in [5.41, 5.74) is 1.63. The highest BCUT2D eigenvalue weighted by molar-refractivity contribution is 7.86. The minimum atomic E-state index is -4.27. The van der Waals surface area contributed by atoms with E-state index in [0.717, 1.165) is 16.5 Å². The van der Waals surface area contributed by atoms with Crippen molar-refractivity contribution in [2.75, 3.05) is 0 Å². The number of hydrogen-bond acceptors (Lipinski definition) is 2. The molecule has 0 fully saturated rings. The molecule has 0 aliphatic carbocycles. The molecule has 2 aromatic carbocycles. The van der Waals surface area contributed by atoms with Gasteiger partial charge in [0, 0.05) is 5.39 Å². The fourth-order valence-electron chi connectivity index (χ4n) is 2.44. The first kappa shape index (κ1) is 19.6. The second-order valence-corrected chi connectivity index (χ2v) is 9.28. The SMILES string of the molecule is CC(C)(C)c1cc(S(=O)(=O)O)c2cc(C(C)(C)C)ccc2c1.O. The van der Waals surface area contributed by atoms with Crippen LogP contribution in [-0.4, -0.2) is 18.4 Å². The standard InChI is InChI=1S/C18H24O3S.H2O/c1-17(2,3)13-8-7-12-9-14(18(4,5)6)11-16(15(12)10-13)22(19,20)21;/h7-11H,1-6H3,(H,19,20,21);1H2. The summed E-state index contributed by atoms with van der Waals surface area (Å²) < 4.78 is 33.3. The molecule has 0 amide bonds. The average Bonchev–Trinajstić information content (AvgIpc) is 2.33. The van der Waals surface area contributed by atoms with Crippen molar-refractivity contribution >= 4 is 20.9 Å². The molecule has 0 atom stereocenters. The molecular formula is C18H26O4S. The van der Waals surface area contributed by atoms with Crippen LogP contribution in [0.1, 0.15) is 52.7 Å². The largest absolute Gasteiger partial charge is 0.412 e. The molecule has 0 aliphatic heterocycles. The minimum absolute atomic E-state index is 0. The van der Waals surface area contributed by atoms with Crippen molar-refractivity contribution in [2.45, 2.75) is 57.3 Å². The maximum Gasteiger partial charge on any atom is 0.295 e. The second kappa shape index (κ2) is 5.89. The summed E-state index contributed by atoms with van der Waals surface area (Å²) in [6.07, 6.45) is 0. The first-order chi connectivity index (χ1) is 9.80. The fourth-order valence-corrected chi connectivity index (χ4v) is 3.17. The summed E-state index contributed by atoms with van der Waals surface area (Å²) in [5.74, 6) is 0. The van der Waals surface area contributed by atoms with Crippen LogP contribution in [0.5, 0.6) is 0 Å². The van der Waals surface area contributed by atoms with Gasteiger partial charge in [-0.2, -0.15) is 8.42 Å². The summed E-state index contributed by atoms with van der Waals surface area (Å²) >= 11 is 0. The van der Waals surface area contributed by atoms with Crippen LogP contribution in [0, 0.1) is 0 Å². The van der Waals surface area contributed by atoms with Gasteiger partial charge in [0.15, 0.2) is 0 Å². The third kappa shape index (κ3) is 4.10. The van der Waals surface area contributed by atoms with Crippen molar-refractivity contribution in [1.29, 1.82) is 0 Å². The van der Waals surface area contributed by atoms with Gasteiger partial charge in [-0.3, -0.25) is 4.55 Å². The summed E-state index contributed by atoms with van der Waals surface area (Å²) in [6.45, 7) is 12.3. The van der Waals surface area contributed by atoms with E-state index in [1.165, 1.54) is 0 Å². The van der Waals surface area contributed by atoms with Gasteiger partial charge in [0.1, 0.15) is 4.90 Å². The van der Waals surface area contributed by atoms with Gasteiger partial charge in [0.05, 0.1) is 0 Å². The van der Waals surface area contributed by atoms with E-state index in [4.69, 9.17) is 0 Å². The van der Waals surface area contributed by atoms with Crippen molar-refractivity contribution in [3.05, 3.63) is 41.5 Å². The van der Waals surface area contributed by atoms with Crippen LogP contribution in [0.15, 0.2) is 35.2 Å². The Balaban J connectivity index is 0.00000264. The summed E-state index contributed by atoms with van der Waals surface area (Å²) in [6, 6.07) is 9.40. The third-order valence-electron chi connectivity index (χ3n) is 3.93. The lowest BCUT2D eigenvalue weighted by molar-refractivity contribution is 0.483. The number of benzene rings is 2. The van der Waals surface area contributed by atoms with Crippen molar-refractivity contribution in [2.24, 2.45) is 0 Å². The van der Waals surface area contributed by atoms with Crippen LogP contribution in [0.2, 0.25) is 0 Å². The molecule has 23 heavy (non-hydrogen) atoms. The highest BCUT2D eigenvalue weighted by Gasteiger charge is 2.22. The quantitative estimate of drug-likeness (QED) is 0.801. The van der Waals surface area contributed by atoms with Gasteiger partial charge in [-0.1, -0.05) is 59.7 Å². The molecule has 0 unspecified atom stereocenters. The molecule has 4 nitrogen and oxygen atoms in total. The van der Waals surface area contributed by atoms with E-state index in [9.17, 15) is 13.0 Å². The molecule has 0 spiro atoms. The predicted molar refractivity (Wildman–Crippen MR) is 94.8 cm³/mol. The van der Waals surface area contributed by atoms with E-state index in [2.05, 4.69) is 20.8 Å². The molecule has 2 rings (SSSR count). The highest BCUT2D eigenvalue weighted by atomic mass is 32.2. The lowest BCUT2D eigenvalue weighted by atomic mass is 9.83. The van der Waals surface area contributed by atoms with Crippen LogP contribution in [0.25, 0.3) is 10.8 Å². The van der Waals surface area contributed by atoms with Gasteiger partial charge < -0.3 is 5.48 Å². The Morgan fingerprint density at radius 2 is 1.35 bits per heavy atom. The molecule has 0 heterocycles. The van der Waals surface area contributed by atoms with E-state index in [1.807, 2.05) is 45.0 Å². The Hall–Kier alpha value is -1.43. The Labute approximate surface area is 138 Å². The smallest absolute Gasteiger partial charge is 0.295 e. The molecule has 0 radical (unpaired) electrons. The van der Waals surface area contributed by atoms with Crippen LogP contribution in [-0.2, 0) is 20.9 Å². The first-order valence-corrected chi connectivity index (χ1v) is 8.80. The maximum absolute atomic E-state index is 11.8. The first-order valence-electron chi connectivity index (χ1n) is 7.36. The van der Waals surface area contributed by atoms with Crippen molar-refractivity contribution in [1.82, 2.24) is 0 Å². The molecular weight excluding hydrogens is 312 g/mol. The van der Waals surface area contributed by atoms with Crippen LogP contribution in [0.3, 0.4) is 0 Å². The maximum atomic E-state index is 11.8. The molecule has 0 saturated heterocycles. The van der Waals surface area contributed by atoms with Crippen LogP contribution in [0.4, 0.5) is 0 Å². The lowest BCUT2D eigenvalue weighted by Gasteiger charge is -2.23. The molecule has 0 saturated carbocycles. The molecule has 2 aromatic rings.